The van der Waals surface area contributed by atoms with Crippen LogP contribution >= 0.6 is 11.8 Å². The molecule has 1 heterocycles. The smallest absolute Gasteiger partial charge is 0.405 e. The summed E-state index contributed by atoms with van der Waals surface area (Å²) in [7, 11) is 0. The van der Waals surface area contributed by atoms with Crippen molar-refractivity contribution >= 4 is 29.4 Å². The maximum absolute atomic E-state index is 11.9. The third-order valence-electron chi connectivity index (χ3n) is 2.39. The summed E-state index contributed by atoms with van der Waals surface area (Å²) in [4.78, 5) is 23.6. The summed E-state index contributed by atoms with van der Waals surface area (Å²) in [5.41, 5.74) is 5.68. The molecule has 2 atom stereocenters. The fourth-order valence-corrected chi connectivity index (χ4v) is 2.73. The van der Waals surface area contributed by atoms with Gasteiger partial charge in [-0.15, -0.1) is 11.8 Å². The van der Waals surface area contributed by atoms with Crippen molar-refractivity contribution in [1.82, 2.24) is 0 Å². The number of thioether (sulfide) groups is 1. The molecule has 6 heteroatoms. The average molecular weight is 252 g/mol. The number of primary amides is 1. The van der Waals surface area contributed by atoms with E-state index in [1.807, 2.05) is 25.1 Å². The van der Waals surface area contributed by atoms with Crippen LogP contribution in [-0.2, 0) is 9.53 Å². The Morgan fingerprint density at radius 2 is 2.18 bits per heavy atom. The topological polar surface area (TPSA) is 81.4 Å². The Labute approximate surface area is 103 Å². The zero-order valence-electron chi connectivity index (χ0n) is 9.17. The molecule has 0 fully saturated rings. The van der Waals surface area contributed by atoms with Gasteiger partial charge in [0.15, 0.2) is 6.10 Å². The van der Waals surface area contributed by atoms with Crippen LogP contribution in [0.2, 0.25) is 0 Å². The first-order chi connectivity index (χ1) is 8.08. The molecule has 17 heavy (non-hydrogen) atoms. The molecule has 2 rings (SSSR count). The second-order valence-electron chi connectivity index (χ2n) is 3.67. The van der Waals surface area contributed by atoms with E-state index in [4.69, 9.17) is 10.5 Å². The largest absolute Gasteiger partial charge is 0.435 e. The van der Waals surface area contributed by atoms with Crippen molar-refractivity contribution in [1.29, 1.82) is 0 Å². The second kappa shape index (κ2) is 4.67. The summed E-state index contributed by atoms with van der Waals surface area (Å²) < 4.78 is 4.83. The van der Waals surface area contributed by atoms with Crippen molar-refractivity contribution in [2.45, 2.75) is 23.2 Å². The second-order valence-corrected chi connectivity index (χ2v) is 5.08. The highest BCUT2D eigenvalue weighted by molar-refractivity contribution is 8.00. The molecule has 1 aliphatic rings. The highest BCUT2D eigenvalue weighted by Crippen LogP contribution is 2.35. The number of anilines is 1. The first-order valence-corrected chi connectivity index (χ1v) is 5.98. The van der Waals surface area contributed by atoms with E-state index in [0.717, 1.165) is 10.6 Å². The molecule has 0 saturated heterocycles. The number of ether oxygens (including phenoxy) is 1. The van der Waals surface area contributed by atoms with Gasteiger partial charge in [0, 0.05) is 4.90 Å². The molecule has 3 N–H and O–H groups in total. The summed E-state index contributed by atoms with van der Waals surface area (Å²) in [5, 5.41) is 2.53. The Morgan fingerprint density at radius 3 is 2.88 bits per heavy atom. The normalized spacial score (nSPS) is 23.2. The van der Waals surface area contributed by atoms with E-state index in [1.165, 1.54) is 11.8 Å². The fraction of sp³-hybridized carbons (Fsp3) is 0.273. The number of para-hydroxylation sites is 1. The van der Waals surface area contributed by atoms with Gasteiger partial charge in [0.1, 0.15) is 0 Å². The van der Waals surface area contributed by atoms with Gasteiger partial charge in [-0.3, -0.25) is 4.79 Å². The van der Waals surface area contributed by atoms with Crippen LogP contribution in [-0.4, -0.2) is 23.4 Å². The van der Waals surface area contributed by atoms with Crippen LogP contribution in [0.25, 0.3) is 0 Å². The molecule has 0 aliphatic carbocycles. The van der Waals surface area contributed by atoms with E-state index in [9.17, 15) is 9.59 Å². The lowest BCUT2D eigenvalue weighted by Crippen LogP contribution is -2.39. The first kappa shape index (κ1) is 11.8. The number of nitrogens with two attached hydrogens (primary N) is 1. The number of hydrogen-bond acceptors (Lipinski definition) is 4. The van der Waals surface area contributed by atoms with E-state index in [1.54, 1.807) is 6.07 Å². The summed E-state index contributed by atoms with van der Waals surface area (Å²) in [6.07, 6.45) is -1.81. The minimum absolute atomic E-state index is 0.189. The van der Waals surface area contributed by atoms with Crippen LogP contribution in [0.1, 0.15) is 6.92 Å². The summed E-state index contributed by atoms with van der Waals surface area (Å²) in [5.74, 6) is -0.353. The van der Waals surface area contributed by atoms with E-state index in [2.05, 4.69) is 5.32 Å². The van der Waals surface area contributed by atoms with Crippen molar-refractivity contribution in [3.8, 4) is 0 Å². The predicted molar refractivity (Wildman–Crippen MR) is 64.8 cm³/mol. The van der Waals surface area contributed by atoms with Crippen molar-refractivity contribution in [3.63, 3.8) is 0 Å². The van der Waals surface area contributed by atoms with Gasteiger partial charge < -0.3 is 15.8 Å². The van der Waals surface area contributed by atoms with Crippen LogP contribution < -0.4 is 11.1 Å². The standard InChI is InChI=1S/C11H12N2O3S/c1-6-9(16-11(12)15)10(14)13-7-4-2-3-5-8(7)17-6/h2-6,9H,1H3,(H2,12,15)(H,13,14). The molecule has 0 radical (unpaired) electrons. The molecule has 2 unspecified atom stereocenters. The van der Waals surface area contributed by atoms with E-state index in [0.29, 0.717) is 0 Å². The molecule has 5 nitrogen and oxygen atoms in total. The molecule has 90 valence electrons. The van der Waals surface area contributed by atoms with E-state index in [-0.39, 0.29) is 11.2 Å². The van der Waals surface area contributed by atoms with Gasteiger partial charge in [0.2, 0.25) is 0 Å². The molecule has 0 aromatic heterocycles. The minimum Gasteiger partial charge on any atom is -0.435 e. The maximum Gasteiger partial charge on any atom is 0.405 e. The molecule has 0 spiro atoms. The van der Waals surface area contributed by atoms with Crippen molar-refractivity contribution in [2.24, 2.45) is 5.73 Å². The van der Waals surface area contributed by atoms with Crippen LogP contribution in [0.15, 0.2) is 29.2 Å². The molecule has 2 amide bonds. The molecule has 1 aromatic carbocycles. The Hall–Kier alpha value is -1.69. The third kappa shape index (κ3) is 2.52. The molecule has 0 bridgehead atoms. The molecule has 0 saturated carbocycles. The van der Waals surface area contributed by atoms with Crippen molar-refractivity contribution in [3.05, 3.63) is 24.3 Å². The lowest BCUT2D eigenvalue weighted by Gasteiger charge is -2.18. The van der Waals surface area contributed by atoms with E-state index >= 15 is 0 Å². The van der Waals surface area contributed by atoms with E-state index < -0.39 is 12.2 Å². The lowest BCUT2D eigenvalue weighted by molar-refractivity contribution is -0.123. The van der Waals surface area contributed by atoms with Crippen LogP contribution in [0, 0.1) is 0 Å². The number of hydrogen-bond donors (Lipinski definition) is 2. The highest BCUT2D eigenvalue weighted by atomic mass is 32.2. The van der Waals surface area contributed by atoms with Crippen molar-refractivity contribution in [2.75, 3.05) is 5.32 Å². The van der Waals surface area contributed by atoms with Gasteiger partial charge in [-0.2, -0.15) is 0 Å². The number of fused-ring (bicyclic) bond motifs is 1. The number of benzene rings is 1. The Kier molecular flexibility index (Phi) is 3.23. The molecular formula is C11H12N2O3S. The predicted octanol–water partition coefficient (Wildman–Crippen LogP) is 1.58. The Bertz CT molecular complexity index is 464. The summed E-state index contributed by atoms with van der Waals surface area (Å²) in [6.45, 7) is 1.82. The highest BCUT2D eigenvalue weighted by Gasteiger charge is 2.32. The van der Waals surface area contributed by atoms with Crippen molar-refractivity contribution < 1.29 is 14.3 Å². The number of nitrogens with one attached hydrogen (secondary N) is 1. The average Bonchev–Trinajstić information content (AvgIpc) is 2.38. The first-order valence-electron chi connectivity index (χ1n) is 5.10. The summed E-state index contributed by atoms with van der Waals surface area (Å²) >= 11 is 1.47. The van der Waals surface area contributed by atoms with Gasteiger partial charge >= 0.3 is 6.09 Å². The van der Waals surface area contributed by atoms with Crippen LogP contribution in [0.5, 0.6) is 0 Å². The monoisotopic (exact) mass is 252 g/mol. The number of amides is 2. The van der Waals surface area contributed by atoms with Gasteiger partial charge in [-0.05, 0) is 19.1 Å². The number of carbonyl (C=O) groups excluding carboxylic acids is 2. The zero-order chi connectivity index (χ0) is 12.4. The van der Waals surface area contributed by atoms with Gasteiger partial charge in [0.05, 0.1) is 10.9 Å². The number of carbonyl (C=O) groups is 2. The van der Waals surface area contributed by atoms with Gasteiger partial charge in [-0.1, -0.05) is 12.1 Å². The van der Waals surface area contributed by atoms with Crippen LogP contribution in [0.4, 0.5) is 10.5 Å². The SMILES string of the molecule is CC1Sc2ccccc2NC(=O)C1OC(N)=O. The van der Waals surface area contributed by atoms with Gasteiger partial charge in [-0.25, -0.2) is 4.79 Å². The third-order valence-corrected chi connectivity index (χ3v) is 3.61. The fourth-order valence-electron chi connectivity index (χ4n) is 1.63. The zero-order valence-corrected chi connectivity index (χ0v) is 9.99. The molecule has 1 aliphatic heterocycles. The Morgan fingerprint density at radius 1 is 1.47 bits per heavy atom. The molecule has 1 aromatic rings. The number of rotatable bonds is 1. The maximum atomic E-state index is 11.9. The van der Waals surface area contributed by atoms with Crippen LogP contribution in [0.3, 0.4) is 0 Å². The lowest BCUT2D eigenvalue weighted by atomic mass is 10.2. The molecular weight excluding hydrogens is 240 g/mol. The Balaban J connectivity index is 2.28. The quantitative estimate of drug-likeness (QED) is 0.795. The minimum atomic E-state index is -0.941. The summed E-state index contributed by atoms with van der Waals surface area (Å²) in [6, 6.07) is 7.43. The van der Waals surface area contributed by atoms with Gasteiger partial charge in [0.25, 0.3) is 5.91 Å².